The van der Waals surface area contributed by atoms with Crippen molar-refractivity contribution in [3.63, 3.8) is 0 Å². The van der Waals surface area contributed by atoms with Gasteiger partial charge in [0.1, 0.15) is 5.75 Å². The number of nitrogens with one attached hydrogen (secondary N) is 2. The number of carbonyl (C=O) groups excluding carboxylic acids is 1. The van der Waals surface area contributed by atoms with Crippen LogP contribution in [-0.2, 0) is 11.3 Å². The van der Waals surface area contributed by atoms with Crippen molar-refractivity contribution in [2.75, 3.05) is 27.2 Å². The molecule has 1 amide bonds. The molecule has 1 aliphatic heterocycles. The summed E-state index contributed by atoms with van der Waals surface area (Å²) >= 11 is 0. The number of ether oxygens (including phenoxy) is 1. The van der Waals surface area contributed by atoms with Crippen LogP contribution >= 0.6 is 0 Å². The minimum Gasteiger partial charge on any atom is -0.497 e. The van der Waals surface area contributed by atoms with Gasteiger partial charge in [-0.15, -0.1) is 0 Å². The van der Waals surface area contributed by atoms with Gasteiger partial charge in [-0.3, -0.25) is 9.69 Å². The van der Waals surface area contributed by atoms with Crippen LogP contribution < -0.4 is 15.4 Å². The molecule has 1 saturated heterocycles. The molecule has 0 bridgehead atoms. The predicted octanol–water partition coefficient (Wildman–Crippen LogP) is 1.38. The van der Waals surface area contributed by atoms with Gasteiger partial charge in [0.2, 0.25) is 5.91 Å². The van der Waals surface area contributed by atoms with E-state index in [-0.39, 0.29) is 11.9 Å². The van der Waals surface area contributed by atoms with Crippen LogP contribution in [0.15, 0.2) is 24.3 Å². The van der Waals surface area contributed by atoms with E-state index in [1.165, 1.54) is 6.42 Å². The molecule has 0 aromatic heterocycles. The molecule has 22 heavy (non-hydrogen) atoms. The van der Waals surface area contributed by atoms with E-state index < -0.39 is 0 Å². The molecule has 5 heteroatoms. The van der Waals surface area contributed by atoms with Crippen LogP contribution in [0.25, 0.3) is 0 Å². The third-order valence-corrected chi connectivity index (χ3v) is 4.39. The highest BCUT2D eigenvalue weighted by Crippen LogP contribution is 2.14. The molecule has 5 nitrogen and oxygen atoms in total. The van der Waals surface area contributed by atoms with E-state index in [9.17, 15) is 4.79 Å². The lowest BCUT2D eigenvalue weighted by Crippen LogP contribution is -2.52. The molecule has 2 N–H and O–H groups in total. The molecule has 2 rings (SSSR count). The number of piperidine rings is 1. The van der Waals surface area contributed by atoms with Crippen molar-refractivity contribution in [1.29, 1.82) is 0 Å². The maximum Gasteiger partial charge on any atom is 0.237 e. The van der Waals surface area contributed by atoms with Crippen LogP contribution in [0.3, 0.4) is 0 Å². The van der Waals surface area contributed by atoms with E-state index in [1.807, 2.05) is 38.2 Å². The first kappa shape index (κ1) is 16.8. The van der Waals surface area contributed by atoms with Crippen LogP contribution in [0.5, 0.6) is 5.75 Å². The number of hydrogen-bond donors (Lipinski definition) is 2. The minimum absolute atomic E-state index is 0.0829. The van der Waals surface area contributed by atoms with Crippen molar-refractivity contribution in [1.82, 2.24) is 15.5 Å². The minimum atomic E-state index is -0.0956. The van der Waals surface area contributed by atoms with Crippen molar-refractivity contribution in [2.45, 2.75) is 38.4 Å². The van der Waals surface area contributed by atoms with Crippen molar-refractivity contribution in [3.05, 3.63) is 29.8 Å². The SMILES string of the molecule is CNC1CCCN(C(C)C(=O)NCc2cccc(OC)c2)C1. The Kier molecular flexibility index (Phi) is 6.21. The zero-order valence-corrected chi connectivity index (χ0v) is 13.8. The number of amides is 1. The molecule has 1 aliphatic rings. The lowest BCUT2D eigenvalue weighted by Gasteiger charge is -2.35. The van der Waals surface area contributed by atoms with Crippen LogP contribution in [0.2, 0.25) is 0 Å². The molecular formula is C17H27N3O2. The fourth-order valence-electron chi connectivity index (χ4n) is 2.88. The summed E-state index contributed by atoms with van der Waals surface area (Å²) < 4.78 is 5.20. The van der Waals surface area contributed by atoms with E-state index in [0.717, 1.165) is 30.8 Å². The fourth-order valence-corrected chi connectivity index (χ4v) is 2.88. The number of likely N-dealkylation sites (tertiary alicyclic amines) is 1. The molecule has 0 spiro atoms. The van der Waals surface area contributed by atoms with Gasteiger partial charge in [0, 0.05) is 19.1 Å². The summed E-state index contributed by atoms with van der Waals surface area (Å²) in [6.07, 6.45) is 2.32. The zero-order valence-electron chi connectivity index (χ0n) is 13.8. The number of likely N-dealkylation sites (N-methyl/N-ethyl adjacent to an activating group) is 1. The summed E-state index contributed by atoms with van der Waals surface area (Å²) in [7, 11) is 3.63. The third-order valence-electron chi connectivity index (χ3n) is 4.39. The van der Waals surface area contributed by atoms with Gasteiger partial charge in [0.05, 0.1) is 13.2 Å². The average Bonchev–Trinajstić information content (AvgIpc) is 2.59. The van der Waals surface area contributed by atoms with E-state index in [4.69, 9.17) is 4.74 Å². The molecule has 0 aliphatic carbocycles. The van der Waals surface area contributed by atoms with Gasteiger partial charge in [0.15, 0.2) is 0 Å². The number of rotatable bonds is 6. The van der Waals surface area contributed by atoms with Gasteiger partial charge in [-0.05, 0) is 51.1 Å². The lowest BCUT2D eigenvalue weighted by molar-refractivity contribution is -0.126. The second-order valence-electron chi connectivity index (χ2n) is 5.87. The average molecular weight is 305 g/mol. The van der Waals surface area contributed by atoms with Crippen molar-refractivity contribution in [3.8, 4) is 5.75 Å². The number of carbonyl (C=O) groups is 1. The van der Waals surface area contributed by atoms with E-state index in [1.54, 1.807) is 7.11 Å². The predicted molar refractivity (Wildman–Crippen MR) is 88.0 cm³/mol. The van der Waals surface area contributed by atoms with Crippen molar-refractivity contribution >= 4 is 5.91 Å². The van der Waals surface area contributed by atoms with Gasteiger partial charge >= 0.3 is 0 Å². The number of hydrogen-bond acceptors (Lipinski definition) is 4. The second kappa shape index (κ2) is 8.15. The highest BCUT2D eigenvalue weighted by atomic mass is 16.5. The summed E-state index contributed by atoms with van der Waals surface area (Å²) in [5.74, 6) is 0.896. The monoisotopic (exact) mass is 305 g/mol. The Morgan fingerprint density at radius 3 is 3.05 bits per heavy atom. The first-order valence-electron chi connectivity index (χ1n) is 7.96. The summed E-state index contributed by atoms with van der Waals surface area (Å²) in [5.41, 5.74) is 1.05. The standard InChI is InChI=1S/C17H27N3O2/c1-13(20-9-5-7-15(12-20)18-2)17(21)19-11-14-6-4-8-16(10-14)22-3/h4,6,8,10,13,15,18H,5,7,9,11-12H2,1-3H3,(H,19,21). The highest BCUT2D eigenvalue weighted by Gasteiger charge is 2.26. The van der Waals surface area contributed by atoms with Crippen LogP contribution in [0.4, 0.5) is 0 Å². The molecule has 1 fully saturated rings. The second-order valence-corrected chi connectivity index (χ2v) is 5.87. The molecule has 1 aromatic carbocycles. The van der Waals surface area contributed by atoms with E-state index >= 15 is 0 Å². The summed E-state index contributed by atoms with van der Waals surface area (Å²) in [6.45, 7) is 4.44. The molecule has 1 heterocycles. The number of methoxy groups -OCH3 is 1. The smallest absolute Gasteiger partial charge is 0.237 e. The maximum absolute atomic E-state index is 12.4. The van der Waals surface area contributed by atoms with Crippen LogP contribution in [-0.4, -0.2) is 50.1 Å². The zero-order chi connectivity index (χ0) is 15.9. The Bertz CT molecular complexity index is 493. The summed E-state index contributed by atoms with van der Waals surface area (Å²) in [5, 5.41) is 6.33. The van der Waals surface area contributed by atoms with Crippen molar-refractivity contribution < 1.29 is 9.53 Å². The molecule has 0 saturated carbocycles. The van der Waals surface area contributed by atoms with Gasteiger partial charge in [-0.2, -0.15) is 0 Å². The summed E-state index contributed by atoms with van der Waals surface area (Å²) in [4.78, 5) is 14.6. The quantitative estimate of drug-likeness (QED) is 0.834. The summed E-state index contributed by atoms with van der Waals surface area (Å²) in [6, 6.07) is 8.17. The lowest BCUT2D eigenvalue weighted by atomic mass is 10.0. The number of benzene rings is 1. The first-order chi connectivity index (χ1) is 10.6. The largest absolute Gasteiger partial charge is 0.497 e. The van der Waals surface area contributed by atoms with E-state index in [2.05, 4.69) is 15.5 Å². The molecule has 122 valence electrons. The van der Waals surface area contributed by atoms with Gasteiger partial charge in [-0.25, -0.2) is 0 Å². The molecule has 2 unspecified atom stereocenters. The topological polar surface area (TPSA) is 53.6 Å². The molecular weight excluding hydrogens is 278 g/mol. The van der Waals surface area contributed by atoms with E-state index in [0.29, 0.717) is 12.6 Å². The Balaban J connectivity index is 1.85. The first-order valence-corrected chi connectivity index (χ1v) is 7.96. The highest BCUT2D eigenvalue weighted by molar-refractivity contribution is 5.81. The molecule has 2 atom stereocenters. The van der Waals surface area contributed by atoms with Gasteiger partial charge in [-0.1, -0.05) is 12.1 Å². The normalized spacial score (nSPS) is 20.4. The number of nitrogens with zero attached hydrogens (tertiary/aromatic N) is 1. The molecule has 1 aromatic rings. The van der Waals surface area contributed by atoms with Crippen LogP contribution in [0.1, 0.15) is 25.3 Å². The van der Waals surface area contributed by atoms with Crippen LogP contribution in [0, 0.1) is 0 Å². The Morgan fingerprint density at radius 2 is 2.32 bits per heavy atom. The van der Waals surface area contributed by atoms with Crippen molar-refractivity contribution in [2.24, 2.45) is 0 Å². The van der Waals surface area contributed by atoms with Gasteiger partial charge in [0.25, 0.3) is 0 Å². The molecule has 0 radical (unpaired) electrons. The third kappa shape index (κ3) is 4.45. The Morgan fingerprint density at radius 1 is 1.50 bits per heavy atom. The Labute approximate surface area is 133 Å². The van der Waals surface area contributed by atoms with Gasteiger partial charge < -0.3 is 15.4 Å². The fraction of sp³-hybridized carbons (Fsp3) is 0.588. The Hall–Kier alpha value is -1.59. The maximum atomic E-state index is 12.4.